The zero-order valence-corrected chi connectivity index (χ0v) is 12.7. The zero-order chi connectivity index (χ0) is 14.7. The molecule has 6 heteroatoms. The summed E-state index contributed by atoms with van der Waals surface area (Å²) in [6, 6.07) is 6.62. The molecular formula is C13H23N3O2S. The van der Waals surface area contributed by atoms with Crippen LogP contribution in [0.4, 0.5) is 5.69 Å². The number of hydrogen-bond acceptors (Lipinski definition) is 4. The van der Waals surface area contributed by atoms with E-state index in [-0.39, 0.29) is 16.5 Å². The Morgan fingerprint density at radius 3 is 2.21 bits per heavy atom. The summed E-state index contributed by atoms with van der Waals surface area (Å²) in [6.07, 6.45) is 0. The minimum absolute atomic E-state index is 0.0299. The Labute approximate surface area is 115 Å². The molecule has 108 valence electrons. The van der Waals surface area contributed by atoms with Crippen LogP contribution in [0.2, 0.25) is 0 Å². The molecule has 1 unspecified atom stereocenters. The number of benzene rings is 1. The molecule has 1 rings (SSSR count). The molecule has 1 aromatic carbocycles. The first-order chi connectivity index (χ1) is 8.69. The van der Waals surface area contributed by atoms with Crippen LogP contribution >= 0.6 is 0 Å². The van der Waals surface area contributed by atoms with Gasteiger partial charge >= 0.3 is 0 Å². The number of nitrogens with one attached hydrogen (secondary N) is 2. The molecule has 5 nitrogen and oxygen atoms in total. The van der Waals surface area contributed by atoms with Gasteiger partial charge in [-0.2, -0.15) is 0 Å². The summed E-state index contributed by atoms with van der Waals surface area (Å²) in [5.74, 6) is 0. The summed E-state index contributed by atoms with van der Waals surface area (Å²) >= 11 is 0. The second kappa shape index (κ2) is 5.90. The highest BCUT2D eigenvalue weighted by molar-refractivity contribution is 7.89. The highest BCUT2D eigenvalue weighted by atomic mass is 32.2. The molecule has 0 saturated carbocycles. The van der Waals surface area contributed by atoms with Crippen LogP contribution in [0.15, 0.2) is 29.2 Å². The van der Waals surface area contributed by atoms with E-state index < -0.39 is 10.0 Å². The topological polar surface area (TPSA) is 84.2 Å². The molecular weight excluding hydrogens is 262 g/mol. The molecule has 0 bridgehead atoms. The van der Waals surface area contributed by atoms with Gasteiger partial charge in [0.15, 0.2) is 0 Å². The first kappa shape index (κ1) is 15.9. The van der Waals surface area contributed by atoms with Gasteiger partial charge in [-0.05, 0) is 45.0 Å². The minimum atomic E-state index is -3.39. The van der Waals surface area contributed by atoms with Crippen molar-refractivity contribution < 1.29 is 8.42 Å². The van der Waals surface area contributed by atoms with Gasteiger partial charge in [0.1, 0.15) is 0 Å². The zero-order valence-electron chi connectivity index (χ0n) is 11.9. The quantitative estimate of drug-likeness (QED) is 0.740. The van der Waals surface area contributed by atoms with Crippen LogP contribution < -0.4 is 15.8 Å². The average Bonchev–Trinajstić information content (AvgIpc) is 2.28. The van der Waals surface area contributed by atoms with Crippen LogP contribution in [0.1, 0.15) is 27.7 Å². The summed E-state index contributed by atoms with van der Waals surface area (Å²) in [4.78, 5) is 0.263. The average molecular weight is 285 g/mol. The maximum atomic E-state index is 11.8. The number of anilines is 1. The fraction of sp³-hybridized carbons (Fsp3) is 0.538. The van der Waals surface area contributed by atoms with E-state index in [1.165, 1.54) is 0 Å². The fourth-order valence-electron chi connectivity index (χ4n) is 1.48. The third-order valence-electron chi connectivity index (χ3n) is 3.10. The third kappa shape index (κ3) is 4.19. The van der Waals surface area contributed by atoms with Crippen LogP contribution in [0.5, 0.6) is 0 Å². The van der Waals surface area contributed by atoms with Crippen LogP contribution in [-0.4, -0.2) is 26.5 Å². The molecule has 0 radical (unpaired) electrons. The van der Waals surface area contributed by atoms with Crippen molar-refractivity contribution in [3.8, 4) is 0 Å². The van der Waals surface area contributed by atoms with Gasteiger partial charge in [0.2, 0.25) is 10.0 Å². The Bertz CT molecular complexity index is 507. The molecule has 0 aliphatic heterocycles. The van der Waals surface area contributed by atoms with Gasteiger partial charge in [0.25, 0.3) is 0 Å². The molecule has 0 heterocycles. The predicted octanol–water partition coefficient (Wildman–Crippen LogP) is 1.52. The molecule has 0 spiro atoms. The van der Waals surface area contributed by atoms with Gasteiger partial charge in [-0.3, -0.25) is 0 Å². The summed E-state index contributed by atoms with van der Waals surface area (Å²) in [7, 11) is -3.39. The van der Waals surface area contributed by atoms with Crippen LogP contribution in [0.3, 0.4) is 0 Å². The van der Waals surface area contributed by atoms with Gasteiger partial charge in [0, 0.05) is 23.8 Å². The van der Waals surface area contributed by atoms with Gasteiger partial charge < -0.3 is 11.1 Å². The van der Waals surface area contributed by atoms with Gasteiger partial charge in [-0.15, -0.1) is 0 Å². The van der Waals surface area contributed by atoms with E-state index in [2.05, 4.69) is 10.0 Å². The first-order valence-electron chi connectivity index (χ1n) is 6.32. The molecule has 0 aromatic heterocycles. The SMILES string of the molecule is CCNS(=O)(=O)c1ccc(NC(C)(C)C(C)N)cc1. The standard InChI is InChI=1S/C13H23N3O2S/c1-5-15-19(17,18)12-8-6-11(7-9-12)16-13(3,4)10(2)14/h6-10,15-16H,5,14H2,1-4H3. The van der Waals surface area contributed by atoms with Crippen LogP contribution in [0, 0.1) is 0 Å². The highest BCUT2D eigenvalue weighted by Gasteiger charge is 2.22. The van der Waals surface area contributed by atoms with E-state index in [0.717, 1.165) is 5.69 Å². The van der Waals surface area contributed by atoms with Crippen molar-refractivity contribution in [3.63, 3.8) is 0 Å². The number of nitrogens with two attached hydrogens (primary N) is 1. The van der Waals surface area contributed by atoms with Crippen molar-refractivity contribution in [1.82, 2.24) is 4.72 Å². The second-order valence-corrected chi connectivity index (χ2v) is 6.93. The maximum absolute atomic E-state index is 11.8. The monoisotopic (exact) mass is 285 g/mol. The molecule has 4 N–H and O–H groups in total. The molecule has 0 fully saturated rings. The van der Waals surface area contributed by atoms with Crippen molar-refractivity contribution in [2.75, 3.05) is 11.9 Å². The summed E-state index contributed by atoms with van der Waals surface area (Å²) in [5, 5.41) is 3.29. The van der Waals surface area contributed by atoms with Gasteiger partial charge in [-0.1, -0.05) is 6.92 Å². The van der Waals surface area contributed by atoms with Crippen LogP contribution in [-0.2, 0) is 10.0 Å². The molecule has 19 heavy (non-hydrogen) atoms. The van der Waals surface area contributed by atoms with Gasteiger partial charge in [-0.25, -0.2) is 13.1 Å². The summed E-state index contributed by atoms with van der Waals surface area (Å²) < 4.78 is 26.0. The lowest BCUT2D eigenvalue weighted by Crippen LogP contribution is -2.47. The molecule has 1 aromatic rings. The van der Waals surface area contributed by atoms with Crippen molar-refractivity contribution in [2.24, 2.45) is 5.73 Å². The maximum Gasteiger partial charge on any atom is 0.240 e. The van der Waals surface area contributed by atoms with E-state index in [1.54, 1.807) is 31.2 Å². The lowest BCUT2D eigenvalue weighted by molar-refractivity contribution is 0.471. The van der Waals surface area contributed by atoms with E-state index in [9.17, 15) is 8.42 Å². The van der Waals surface area contributed by atoms with Crippen molar-refractivity contribution in [3.05, 3.63) is 24.3 Å². The van der Waals surface area contributed by atoms with Gasteiger partial charge in [0.05, 0.1) is 4.90 Å². The Hall–Kier alpha value is -1.11. The first-order valence-corrected chi connectivity index (χ1v) is 7.81. The molecule has 0 saturated heterocycles. The molecule has 1 atom stereocenters. The smallest absolute Gasteiger partial charge is 0.240 e. The van der Waals surface area contributed by atoms with Crippen molar-refractivity contribution in [2.45, 2.75) is 44.2 Å². The Morgan fingerprint density at radius 1 is 1.26 bits per heavy atom. The van der Waals surface area contributed by atoms with Crippen molar-refractivity contribution >= 4 is 15.7 Å². The Morgan fingerprint density at radius 2 is 1.79 bits per heavy atom. The molecule has 0 aliphatic rings. The van der Waals surface area contributed by atoms with E-state index in [0.29, 0.717) is 6.54 Å². The van der Waals surface area contributed by atoms with E-state index in [1.807, 2.05) is 20.8 Å². The predicted molar refractivity (Wildman–Crippen MR) is 78.7 cm³/mol. The third-order valence-corrected chi connectivity index (χ3v) is 4.67. The number of hydrogen-bond donors (Lipinski definition) is 3. The normalized spacial score (nSPS) is 14.2. The summed E-state index contributed by atoms with van der Waals surface area (Å²) in [6.45, 7) is 8.05. The molecule has 0 aliphatic carbocycles. The van der Waals surface area contributed by atoms with E-state index in [4.69, 9.17) is 5.73 Å². The Balaban J connectivity index is 2.89. The van der Waals surface area contributed by atoms with Crippen LogP contribution in [0.25, 0.3) is 0 Å². The number of sulfonamides is 1. The van der Waals surface area contributed by atoms with E-state index >= 15 is 0 Å². The lowest BCUT2D eigenvalue weighted by atomic mass is 9.96. The lowest BCUT2D eigenvalue weighted by Gasteiger charge is -2.31. The molecule has 0 amide bonds. The second-order valence-electron chi connectivity index (χ2n) is 5.16. The highest BCUT2D eigenvalue weighted by Crippen LogP contribution is 2.19. The van der Waals surface area contributed by atoms with Crippen molar-refractivity contribution in [1.29, 1.82) is 0 Å². The largest absolute Gasteiger partial charge is 0.379 e. The number of rotatable bonds is 6. The summed E-state index contributed by atoms with van der Waals surface area (Å²) in [5.41, 5.74) is 6.47. The minimum Gasteiger partial charge on any atom is -0.379 e. The Kier molecular flexibility index (Phi) is 4.95. The fourth-order valence-corrected chi connectivity index (χ4v) is 2.52.